The number of rotatable bonds is 5. The monoisotopic (exact) mass is 451 g/mol. The lowest BCUT2D eigenvalue weighted by Gasteiger charge is -2.24. The van der Waals surface area contributed by atoms with E-state index in [1.807, 2.05) is 91.9 Å². The fraction of sp³-hybridized carbons (Fsp3) is 0.179. The molecule has 1 heterocycles. The van der Waals surface area contributed by atoms with Crippen molar-refractivity contribution in [1.82, 2.24) is 15.5 Å². The van der Waals surface area contributed by atoms with Gasteiger partial charge in [-0.05, 0) is 52.6 Å². The quantitative estimate of drug-likeness (QED) is 0.434. The number of carbonyl (C=O) groups excluding carboxylic acids is 3. The Hall–Kier alpha value is -4.19. The van der Waals surface area contributed by atoms with Crippen LogP contribution in [0.5, 0.6) is 0 Å². The molecule has 2 N–H and O–H groups in total. The summed E-state index contributed by atoms with van der Waals surface area (Å²) in [6, 6.07) is 26.6. The Balaban J connectivity index is 1.33. The second-order valence-electron chi connectivity index (χ2n) is 8.87. The van der Waals surface area contributed by atoms with Crippen LogP contribution in [0.15, 0.2) is 84.9 Å². The van der Waals surface area contributed by atoms with E-state index in [1.165, 1.54) is 0 Å². The summed E-state index contributed by atoms with van der Waals surface area (Å²) in [5.41, 5.74) is 0.406. The first-order valence-corrected chi connectivity index (χ1v) is 11.3. The van der Waals surface area contributed by atoms with E-state index < -0.39 is 23.4 Å². The van der Waals surface area contributed by atoms with Gasteiger partial charge in [-0.15, -0.1) is 0 Å². The third kappa shape index (κ3) is 3.67. The predicted octanol–water partition coefficient (Wildman–Crippen LogP) is 4.64. The number of imide groups is 1. The highest BCUT2D eigenvalue weighted by Gasteiger charge is 2.50. The van der Waals surface area contributed by atoms with Crippen molar-refractivity contribution < 1.29 is 14.4 Å². The molecule has 1 aliphatic rings. The van der Waals surface area contributed by atoms with Gasteiger partial charge < -0.3 is 10.6 Å². The molecule has 2 unspecified atom stereocenters. The lowest BCUT2D eigenvalue weighted by Crippen LogP contribution is -2.43. The van der Waals surface area contributed by atoms with Crippen molar-refractivity contribution in [3.05, 3.63) is 96.1 Å². The number of fused-ring (bicyclic) bond motifs is 2. The molecular formula is C28H25N3O3. The third-order valence-corrected chi connectivity index (χ3v) is 6.56. The van der Waals surface area contributed by atoms with Gasteiger partial charge in [0.1, 0.15) is 12.1 Å². The largest absolute Gasteiger partial charge is 0.348 e. The van der Waals surface area contributed by atoms with Gasteiger partial charge in [-0.25, -0.2) is 4.79 Å². The van der Waals surface area contributed by atoms with Gasteiger partial charge in [0.25, 0.3) is 5.91 Å². The molecular weight excluding hydrogens is 426 g/mol. The van der Waals surface area contributed by atoms with Gasteiger partial charge in [-0.1, -0.05) is 78.9 Å². The normalized spacial score (nSPS) is 18.8. The molecule has 6 nitrogen and oxygen atoms in total. The van der Waals surface area contributed by atoms with Crippen LogP contribution in [0.3, 0.4) is 0 Å². The maximum Gasteiger partial charge on any atom is 0.325 e. The molecule has 4 amide bonds. The number of amides is 4. The molecule has 0 saturated carbocycles. The molecule has 0 aliphatic carbocycles. The molecule has 5 rings (SSSR count). The molecule has 0 radical (unpaired) electrons. The van der Waals surface area contributed by atoms with Crippen molar-refractivity contribution in [2.75, 3.05) is 6.54 Å². The number of carbonyl (C=O) groups is 3. The van der Waals surface area contributed by atoms with Gasteiger partial charge in [0.15, 0.2) is 0 Å². The summed E-state index contributed by atoms with van der Waals surface area (Å²) in [5, 5.41) is 9.79. The van der Waals surface area contributed by atoms with Crippen LogP contribution in [0.2, 0.25) is 0 Å². The molecule has 6 heteroatoms. The van der Waals surface area contributed by atoms with Gasteiger partial charge in [0.05, 0.1) is 6.04 Å². The Kier molecular flexibility index (Phi) is 5.28. The zero-order valence-electron chi connectivity index (χ0n) is 19.0. The van der Waals surface area contributed by atoms with Crippen LogP contribution in [0.4, 0.5) is 4.79 Å². The molecule has 1 fully saturated rings. The summed E-state index contributed by atoms with van der Waals surface area (Å²) in [6.45, 7) is 3.22. The first-order valence-electron chi connectivity index (χ1n) is 11.3. The molecule has 34 heavy (non-hydrogen) atoms. The van der Waals surface area contributed by atoms with E-state index in [9.17, 15) is 14.4 Å². The minimum absolute atomic E-state index is 0.276. The van der Waals surface area contributed by atoms with E-state index in [1.54, 1.807) is 6.92 Å². The molecule has 1 aliphatic heterocycles. The Morgan fingerprint density at radius 1 is 0.912 bits per heavy atom. The smallest absolute Gasteiger partial charge is 0.325 e. The van der Waals surface area contributed by atoms with Gasteiger partial charge in [0, 0.05) is 0 Å². The SMILES string of the molecule is CC(NC(=O)CN1C(=O)NC(C)(c2cccc3ccccc23)C1=O)c1ccc2ccccc2c1. The lowest BCUT2D eigenvalue weighted by molar-refractivity contribution is -0.135. The predicted molar refractivity (Wildman–Crippen MR) is 132 cm³/mol. The van der Waals surface area contributed by atoms with E-state index in [2.05, 4.69) is 10.6 Å². The van der Waals surface area contributed by atoms with E-state index >= 15 is 0 Å². The van der Waals surface area contributed by atoms with Gasteiger partial charge >= 0.3 is 6.03 Å². The summed E-state index contributed by atoms with van der Waals surface area (Å²) in [6.07, 6.45) is 0. The maximum atomic E-state index is 13.4. The fourth-order valence-electron chi connectivity index (χ4n) is 4.68. The van der Waals surface area contributed by atoms with Crippen molar-refractivity contribution in [3.8, 4) is 0 Å². The summed E-state index contributed by atoms with van der Waals surface area (Å²) in [5.74, 6) is -0.839. The van der Waals surface area contributed by atoms with Crippen molar-refractivity contribution in [1.29, 1.82) is 0 Å². The van der Waals surface area contributed by atoms with E-state index in [4.69, 9.17) is 0 Å². The summed E-state index contributed by atoms with van der Waals surface area (Å²) in [4.78, 5) is 39.9. The number of urea groups is 1. The zero-order valence-corrected chi connectivity index (χ0v) is 19.0. The maximum absolute atomic E-state index is 13.4. The molecule has 0 bridgehead atoms. The van der Waals surface area contributed by atoms with Crippen LogP contribution in [-0.2, 0) is 15.1 Å². The first-order chi connectivity index (χ1) is 16.4. The Morgan fingerprint density at radius 2 is 1.59 bits per heavy atom. The average molecular weight is 452 g/mol. The van der Waals surface area contributed by atoms with Crippen molar-refractivity contribution in [2.24, 2.45) is 0 Å². The van der Waals surface area contributed by atoms with Gasteiger partial charge in [0.2, 0.25) is 5.91 Å². The van der Waals surface area contributed by atoms with Crippen LogP contribution < -0.4 is 10.6 Å². The van der Waals surface area contributed by atoms with Crippen LogP contribution in [-0.4, -0.2) is 29.3 Å². The Labute approximate surface area is 197 Å². The second-order valence-corrected chi connectivity index (χ2v) is 8.87. The minimum atomic E-state index is -1.25. The van der Waals surface area contributed by atoms with Crippen LogP contribution >= 0.6 is 0 Å². The number of hydrogen-bond acceptors (Lipinski definition) is 3. The third-order valence-electron chi connectivity index (χ3n) is 6.56. The highest BCUT2D eigenvalue weighted by molar-refractivity contribution is 6.10. The topological polar surface area (TPSA) is 78.5 Å². The second kappa shape index (κ2) is 8.30. The molecule has 170 valence electrons. The van der Waals surface area contributed by atoms with Crippen molar-refractivity contribution >= 4 is 39.4 Å². The van der Waals surface area contributed by atoms with Gasteiger partial charge in [-0.3, -0.25) is 14.5 Å². The zero-order chi connectivity index (χ0) is 23.9. The minimum Gasteiger partial charge on any atom is -0.348 e. The van der Waals surface area contributed by atoms with Crippen molar-refractivity contribution in [2.45, 2.75) is 25.4 Å². The fourth-order valence-corrected chi connectivity index (χ4v) is 4.68. The molecule has 1 saturated heterocycles. The van der Waals surface area contributed by atoms with Crippen LogP contribution in [0, 0.1) is 0 Å². The molecule has 0 aromatic heterocycles. The average Bonchev–Trinajstić information content (AvgIpc) is 3.06. The van der Waals surface area contributed by atoms with Crippen molar-refractivity contribution in [3.63, 3.8) is 0 Å². The van der Waals surface area contributed by atoms with E-state index in [0.29, 0.717) is 5.56 Å². The number of benzene rings is 4. The number of hydrogen-bond donors (Lipinski definition) is 2. The van der Waals surface area contributed by atoms with E-state index in [0.717, 1.165) is 32.0 Å². The highest BCUT2D eigenvalue weighted by atomic mass is 16.2. The molecule has 4 aromatic carbocycles. The van der Waals surface area contributed by atoms with Crippen LogP contribution in [0.1, 0.15) is 31.0 Å². The lowest BCUT2D eigenvalue weighted by atomic mass is 9.88. The molecule has 4 aromatic rings. The molecule has 0 spiro atoms. The summed E-state index contributed by atoms with van der Waals surface area (Å²) < 4.78 is 0. The number of nitrogens with one attached hydrogen (secondary N) is 2. The standard InChI is InChI=1S/C28H25N3O3/c1-18(21-15-14-19-8-3-4-10-22(19)16-21)29-25(32)17-31-26(33)28(2,30-27(31)34)24-13-7-11-20-9-5-6-12-23(20)24/h3-16,18H,17H2,1-2H3,(H,29,32)(H,30,34). The van der Waals surface area contributed by atoms with Crippen LogP contribution in [0.25, 0.3) is 21.5 Å². The highest BCUT2D eigenvalue weighted by Crippen LogP contribution is 2.33. The van der Waals surface area contributed by atoms with Gasteiger partial charge in [-0.2, -0.15) is 0 Å². The summed E-state index contributed by atoms with van der Waals surface area (Å²) in [7, 11) is 0. The summed E-state index contributed by atoms with van der Waals surface area (Å²) >= 11 is 0. The first kappa shape index (κ1) is 21.6. The Bertz CT molecular complexity index is 1440. The Morgan fingerprint density at radius 3 is 2.38 bits per heavy atom. The van der Waals surface area contributed by atoms with E-state index in [-0.39, 0.29) is 12.6 Å². The number of nitrogens with zero attached hydrogens (tertiary/aromatic N) is 1. The molecule has 2 atom stereocenters.